The topological polar surface area (TPSA) is 58.4 Å². The molecule has 1 saturated carbocycles. The fourth-order valence-corrected chi connectivity index (χ4v) is 5.02. The lowest BCUT2D eigenvalue weighted by molar-refractivity contribution is -0.126. The van der Waals surface area contributed by atoms with E-state index in [-0.39, 0.29) is 11.8 Å². The summed E-state index contributed by atoms with van der Waals surface area (Å²) >= 11 is 0. The molecule has 3 rings (SSSR count). The number of carbonyl (C=O) groups excluding carboxylic acids is 1. The summed E-state index contributed by atoms with van der Waals surface area (Å²) in [6.45, 7) is 9.28. The second-order valence-corrected chi connectivity index (χ2v) is 8.66. The van der Waals surface area contributed by atoms with Crippen LogP contribution in [0.2, 0.25) is 0 Å². The van der Waals surface area contributed by atoms with Gasteiger partial charge < -0.3 is 11.1 Å². The smallest absolute Gasteiger partial charge is 0.223 e. The molecule has 26 heavy (non-hydrogen) atoms. The first-order chi connectivity index (χ1) is 12.6. The van der Waals surface area contributed by atoms with Crippen LogP contribution in [0.5, 0.6) is 0 Å². The normalized spacial score (nSPS) is 29.7. The van der Waals surface area contributed by atoms with Crippen LogP contribution in [0.4, 0.5) is 0 Å². The Bertz CT molecular complexity index is 593. The van der Waals surface area contributed by atoms with Crippen molar-refractivity contribution in [3.63, 3.8) is 0 Å². The molecule has 1 amide bonds. The fraction of sp³-hybridized carbons (Fsp3) is 0.682. The van der Waals surface area contributed by atoms with E-state index in [1.807, 2.05) is 0 Å². The lowest BCUT2D eigenvalue weighted by atomic mass is 9.91. The molecule has 0 aromatic heterocycles. The van der Waals surface area contributed by atoms with Crippen LogP contribution in [-0.2, 0) is 17.9 Å². The number of hydrogen-bond donors (Lipinski definition) is 2. The van der Waals surface area contributed by atoms with E-state index in [9.17, 15) is 4.79 Å². The lowest BCUT2D eigenvalue weighted by Gasteiger charge is -2.35. The Morgan fingerprint density at radius 1 is 1.15 bits per heavy atom. The fourth-order valence-electron chi connectivity index (χ4n) is 5.02. The van der Waals surface area contributed by atoms with Crippen molar-refractivity contribution in [1.82, 2.24) is 10.2 Å². The van der Waals surface area contributed by atoms with Crippen molar-refractivity contribution >= 4 is 5.91 Å². The predicted molar refractivity (Wildman–Crippen MR) is 106 cm³/mol. The highest BCUT2D eigenvalue weighted by Crippen LogP contribution is 2.31. The molecule has 1 aromatic rings. The summed E-state index contributed by atoms with van der Waals surface area (Å²) in [6, 6.07) is 8.55. The molecule has 2 unspecified atom stereocenters. The molecule has 4 heteroatoms. The number of hydrogen-bond acceptors (Lipinski definition) is 3. The molecule has 1 saturated heterocycles. The van der Waals surface area contributed by atoms with Gasteiger partial charge >= 0.3 is 0 Å². The molecular formula is C22H35N3O. The van der Waals surface area contributed by atoms with E-state index in [1.165, 1.54) is 30.6 Å². The second-order valence-electron chi connectivity index (χ2n) is 8.66. The number of nitrogens with zero attached hydrogens (tertiary/aromatic N) is 1. The molecule has 2 fully saturated rings. The molecule has 144 valence electrons. The minimum atomic E-state index is 0.107. The van der Waals surface area contributed by atoms with Crippen molar-refractivity contribution < 1.29 is 4.79 Å². The van der Waals surface area contributed by atoms with Crippen LogP contribution in [0, 0.1) is 23.7 Å². The summed E-state index contributed by atoms with van der Waals surface area (Å²) in [5, 5.41) is 3.19. The summed E-state index contributed by atoms with van der Waals surface area (Å²) in [7, 11) is 0. The first kappa shape index (κ1) is 19.4. The molecule has 1 heterocycles. The van der Waals surface area contributed by atoms with Gasteiger partial charge in [0.25, 0.3) is 0 Å². The van der Waals surface area contributed by atoms with E-state index in [0.29, 0.717) is 19.0 Å². The molecule has 1 aromatic carbocycles. The van der Waals surface area contributed by atoms with Gasteiger partial charge in [-0.3, -0.25) is 9.69 Å². The molecule has 0 bridgehead atoms. The molecule has 4 atom stereocenters. The van der Waals surface area contributed by atoms with E-state index in [2.05, 4.69) is 48.3 Å². The highest BCUT2D eigenvalue weighted by molar-refractivity contribution is 5.79. The highest BCUT2D eigenvalue weighted by atomic mass is 16.1. The van der Waals surface area contributed by atoms with Crippen molar-refractivity contribution in [2.45, 2.75) is 52.6 Å². The number of amides is 1. The van der Waals surface area contributed by atoms with Gasteiger partial charge in [0.15, 0.2) is 0 Å². The standard InChI is InChI=1S/C22H35N3O/c1-16-10-17(2)14-25(13-16)15-20-7-4-3-6-19(20)12-24-22(26)21-9-5-8-18(21)11-23/h3-4,6-7,16-18,21H,5,8-15,23H2,1-2H3,(H,24,26)/t16?,17?,18-,21-/m1/s1. The summed E-state index contributed by atoms with van der Waals surface area (Å²) in [5.41, 5.74) is 8.42. The second kappa shape index (κ2) is 9.01. The van der Waals surface area contributed by atoms with Crippen LogP contribution in [0.25, 0.3) is 0 Å². The van der Waals surface area contributed by atoms with E-state index in [4.69, 9.17) is 5.73 Å². The van der Waals surface area contributed by atoms with Gasteiger partial charge in [-0.05, 0) is 54.7 Å². The Labute approximate surface area is 158 Å². The number of nitrogens with two attached hydrogens (primary N) is 1. The van der Waals surface area contributed by atoms with Crippen LogP contribution in [0.3, 0.4) is 0 Å². The minimum Gasteiger partial charge on any atom is -0.352 e. The zero-order valence-electron chi connectivity index (χ0n) is 16.4. The Morgan fingerprint density at radius 3 is 2.54 bits per heavy atom. The van der Waals surface area contributed by atoms with E-state index < -0.39 is 0 Å². The van der Waals surface area contributed by atoms with Gasteiger partial charge in [0.05, 0.1) is 0 Å². The summed E-state index contributed by atoms with van der Waals surface area (Å²) in [4.78, 5) is 15.2. The van der Waals surface area contributed by atoms with Gasteiger partial charge in [-0.2, -0.15) is 0 Å². The molecule has 1 aliphatic heterocycles. The molecule has 4 nitrogen and oxygen atoms in total. The zero-order valence-corrected chi connectivity index (χ0v) is 16.4. The third kappa shape index (κ3) is 4.86. The van der Waals surface area contributed by atoms with Crippen molar-refractivity contribution in [1.29, 1.82) is 0 Å². The summed E-state index contributed by atoms with van der Waals surface area (Å²) in [6.07, 6.45) is 4.54. The minimum absolute atomic E-state index is 0.107. The molecule has 0 radical (unpaired) electrons. The van der Waals surface area contributed by atoms with Gasteiger partial charge in [0, 0.05) is 32.1 Å². The maximum absolute atomic E-state index is 12.6. The predicted octanol–water partition coefficient (Wildman–Crippen LogP) is 3.16. The number of carbonyl (C=O) groups is 1. The summed E-state index contributed by atoms with van der Waals surface area (Å²) < 4.78 is 0. The Hall–Kier alpha value is -1.39. The third-order valence-corrected chi connectivity index (χ3v) is 6.21. The van der Waals surface area contributed by atoms with Gasteiger partial charge in [-0.25, -0.2) is 0 Å². The molecular weight excluding hydrogens is 322 g/mol. The number of likely N-dealkylation sites (tertiary alicyclic amines) is 1. The van der Waals surface area contributed by atoms with Crippen LogP contribution in [0.15, 0.2) is 24.3 Å². The number of rotatable bonds is 6. The first-order valence-corrected chi connectivity index (χ1v) is 10.3. The van der Waals surface area contributed by atoms with Crippen LogP contribution in [-0.4, -0.2) is 30.4 Å². The maximum atomic E-state index is 12.6. The van der Waals surface area contributed by atoms with Crippen LogP contribution in [0.1, 0.15) is 50.7 Å². The van der Waals surface area contributed by atoms with Crippen LogP contribution < -0.4 is 11.1 Å². The quantitative estimate of drug-likeness (QED) is 0.822. The van der Waals surface area contributed by atoms with Gasteiger partial charge in [-0.15, -0.1) is 0 Å². The van der Waals surface area contributed by atoms with Gasteiger partial charge in [0.1, 0.15) is 0 Å². The van der Waals surface area contributed by atoms with Crippen LogP contribution >= 0.6 is 0 Å². The largest absolute Gasteiger partial charge is 0.352 e. The van der Waals surface area contributed by atoms with E-state index in [0.717, 1.165) is 37.6 Å². The zero-order chi connectivity index (χ0) is 18.5. The van der Waals surface area contributed by atoms with Crippen molar-refractivity contribution in [3.8, 4) is 0 Å². The molecule has 0 spiro atoms. The Morgan fingerprint density at radius 2 is 1.85 bits per heavy atom. The lowest BCUT2D eigenvalue weighted by Crippen LogP contribution is -2.38. The number of benzene rings is 1. The van der Waals surface area contributed by atoms with Gasteiger partial charge in [0.2, 0.25) is 5.91 Å². The van der Waals surface area contributed by atoms with Gasteiger partial charge in [-0.1, -0.05) is 44.5 Å². The van der Waals surface area contributed by atoms with E-state index in [1.54, 1.807) is 0 Å². The van der Waals surface area contributed by atoms with Crippen molar-refractivity contribution in [2.24, 2.45) is 29.4 Å². The highest BCUT2D eigenvalue weighted by Gasteiger charge is 2.31. The summed E-state index contributed by atoms with van der Waals surface area (Å²) in [5.74, 6) is 2.19. The Balaban J connectivity index is 1.59. The number of piperidine rings is 1. The Kier molecular flexibility index (Phi) is 6.71. The van der Waals surface area contributed by atoms with E-state index >= 15 is 0 Å². The monoisotopic (exact) mass is 357 g/mol. The molecule has 2 aliphatic rings. The first-order valence-electron chi connectivity index (χ1n) is 10.3. The maximum Gasteiger partial charge on any atom is 0.223 e. The molecule has 3 N–H and O–H groups in total. The third-order valence-electron chi connectivity index (χ3n) is 6.21. The average molecular weight is 358 g/mol. The average Bonchev–Trinajstić information content (AvgIpc) is 3.08. The molecule has 1 aliphatic carbocycles. The number of nitrogens with one attached hydrogen (secondary N) is 1. The van der Waals surface area contributed by atoms with Crippen molar-refractivity contribution in [2.75, 3.05) is 19.6 Å². The van der Waals surface area contributed by atoms with Crippen molar-refractivity contribution in [3.05, 3.63) is 35.4 Å². The SMILES string of the molecule is CC1CC(C)CN(Cc2ccccc2CNC(=O)[C@@H]2CCC[C@@H]2CN)C1.